The highest BCUT2D eigenvalue weighted by Gasteiger charge is 2.59. The van der Waals surface area contributed by atoms with Gasteiger partial charge in [0.15, 0.2) is 0 Å². The molecule has 0 aromatic heterocycles. The molecular weight excluding hydrogens is 176 g/mol. The highest BCUT2D eigenvalue weighted by atomic mass is 16.4. The van der Waals surface area contributed by atoms with E-state index in [-0.39, 0.29) is 10.8 Å². The molecule has 1 unspecified atom stereocenters. The van der Waals surface area contributed by atoms with E-state index in [9.17, 15) is 9.90 Å². The third-order valence-corrected chi connectivity index (χ3v) is 3.71. The summed E-state index contributed by atoms with van der Waals surface area (Å²) in [6, 6.07) is 0. The molecule has 1 saturated carbocycles. The van der Waals surface area contributed by atoms with Crippen LogP contribution in [0.25, 0.3) is 0 Å². The summed E-state index contributed by atoms with van der Waals surface area (Å²) in [5, 5.41) is 9.38. The molecule has 0 spiro atoms. The van der Waals surface area contributed by atoms with Gasteiger partial charge in [0.1, 0.15) is 0 Å². The molecule has 1 fully saturated rings. The van der Waals surface area contributed by atoms with Gasteiger partial charge in [-0.3, -0.25) is 4.79 Å². The van der Waals surface area contributed by atoms with Crippen LogP contribution in [0.5, 0.6) is 0 Å². The summed E-state index contributed by atoms with van der Waals surface area (Å²) < 4.78 is 0. The van der Waals surface area contributed by atoms with Crippen molar-refractivity contribution in [3.8, 4) is 0 Å². The molecule has 14 heavy (non-hydrogen) atoms. The Balaban J connectivity index is 2.91. The predicted molar refractivity (Wildman–Crippen MR) is 57.2 cm³/mol. The Labute approximate surface area is 86.7 Å². The first kappa shape index (κ1) is 11.5. The molecule has 0 heterocycles. The van der Waals surface area contributed by atoms with E-state index in [1.54, 1.807) is 0 Å². The van der Waals surface area contributed by atoms with Gasteiger partial charge in [-0.2, -0.15) is 0 Å². The first-order chi connectivity index (χ1) is 6.11. The maximum Gasteiger partial charge on any atom is 0.310 e. The molecule has 0 bridgehead atoms. The Morgan fingerprint density at radius 3 is 1.86 bits per heavy atom. The van der Waals surface area contributed by atoms with Crippen molar-refractivity contribution in [2.75, 3.05) is 0 Å². The largest absolute Gasteiger partial charge is 0.481 e. The lowest BCUT2D eigenvalue weighted by atomic mass is 9.47. The lowest BCUT2D eigenvalue weighted by molar-refractivity contribution is -0.176. The number of hydrogen-bond acceptors (Lipinski definition) is 1. The summed E-state index contributed by atoms with van der Waals surface area (Å²) in [7, 11) is 0. The van der Waals surface area contributed by atoms with Crippen LogP contribution in [0.3, 0.4) is 0 Å². The Bertz CT molecular complexity index is 248. The molecule has 1 aliphatic rings. The molecule has 1 aliphatic carbocycles. The molecule has 2 heteroatoms. The lowest BCUT2D eigenvalue weighted by Gasteiger charge is -2.55. The zero-order valence-electron chi connectivity index (χ0n) is 9.98. The number of rotatable bonds is 2. The summed E-state index contributed by atoms with van der Waals surface area (Å²) in [4.78, 5) is 11.4. The zero-order chi connectivity index (χ0) is 11.2. The van der Waals surface area contributed by atoms with Gasteiger partial charge in [0, 0.05) is 0 Å². The van der Waals surface area contributed by atoms with E-state index in [4.69, 9.17) is 0 Å². The van der Waals surface area contributed by atoms with Gasteiger partial charge < -0.3 is 5.11 Å². The van der Waals surface area contributed by atoms with Gasteiger partial charge in [0.25, 0.3) is 0 Å². The van der Waals surface area contributed by atoms with Crippen LogP contribution in [0.1, 0.15) is 53.9 Å². The fourth-order valence-corrected chi connectivity index (χ4v) is 2.63. The summed E-state index contributed by atoms with van der Waals surface area (Å²) in [6.07, 6.45) is 2.66. The third kappa shape index (κ3) is 1.67. The number of carboxylic acid groups (broad SMARTS) is 1. The van der Waals surface area contributed by atoms with Gasteiger partial charge in [-0.05, 0) is 30.1 Å². The second-order valence-corrected chi connectivity index (χ2v) is 6.51. The van der Waals surface area contributed by atoms with Crippen LogP contribution >= 0.6 is 0 Å². The van der Waals surface area contributed by atoms with Gasteiger partial charge >= 0.3 is 5.97 Å². The SMILES string of the molecule is CC(C)(C)CC1(C(=O)O)CCC1(C)C. The van der Waals surface area contributed by atoms with Crippen molar-refractivity contribution in [3.05, 3.63) is 0 Å². The van der Waals surface area contributed by atoms with Gasteiger partial charge in [0.05, 0.1) is 5.41 Å². The van der Waals surface area contributed by atoms with Crippen molar-refractivity contribution >= 4 is 5.97 Å². The van der Waals surface area contributed by atoms with Crippen LogP contribution in [0.15, 0.2) is 0 Å². The van der Waals surface area contributed by atoms with Crippen molar-refractivity contribution < 1.29 is 9.90 Å². The van der Waals surface area contributed by atoms with Crippen molar-refractivity contribution in [2.45, 2.75) is 53.9 Å². The van der Waals surface area contributed by atoms with Crippen molar-refractivity contribution in [1.29, 1.82) is 0 Å². The fraction of sp³-hybridized carbons (Fsp3) is 0.917. The van der Waals surface area contributed by atoms with Crippen molar-refractivity contribution in [1.82, 2.24) is 0 Å². The molecule has 2 nitrogen and oxygen atoms in total. The molecule has 0 amide bonds. The number of carboxylic acids is 1. The van der Waals surface area contributed by atoms with E-state index >= 15 is 0 Å². The maximum atomic E-state index is 11.4. The van der Waals surface area contributed by atoms with Crippen LogP contribution in [0.4, 0.5) is 0 Å². The van der Waals surface area contributed by atoms with Gasteiger partial charge in [-0.1, -0.05) is 34.6 Å². The molecule has 1 atom stereocenters. The van der Waals surface area contributed by atoms with E-state index in [1.807, 2.05) is 0 Å². The predicted octanol–water partition coefficient (Wildman–Crippen LogP) is 3.31. The smallest absolute Gasteiger partial charge is 0.310 e. The topological polar surface area (TPSA) is 37.3 Å². The monoisotopic (exact) mass is 198 g/mol. The molecule has 0 aliphatic heterocycles. The van der Waals surface area contributed by atoms with Crippen LogP contribution in [0, 0.1) is 16.2 Å². The van der Waals surface area contributed by atoms with Gasteiger partial charge in [0.2, 0.25) is 0 Å². The fourth-order valence-electron chi connectivity index (χ4n) is 2.63. The summed E-state index contributed by atoms with van der Waals surface area (Å²) in [5.74, 6) is -0.608. The van der Waals surface area contributed by atoms with Crippen LogP contribution in [-0.4, -0.2) is 11.1 Å². The minimum Gasteiger partial charge on any atom is -0.481 e. The van der Waals surface area contributed by atoms with Gasteiger partial charge in [-0.15, -0.1) is 0 Å². The molecule has 82 valence electrons. The number of aliphatic carboxylic acids is 1. The van der Waals surface area contributed by atoms with E-state index in [2.05, 4.69) is 34.6 Å². The Morgan fingerprint density at radius 2 is 1.79 bits per heavy atom. The van der Waals surface area contributed by atoms with Crippen LogP contribution in [0.2, 0.25) is 0 Å². The first-order valence-corrected chi connectivity index (χ1v) is 5.34. The third-order valence-electron chi connectivity index (χ3n) is 3.71. The second kappa shape index (κ2) is 2.98. The summed E-state index contributed by atoms with van der Waals surface area (Å²) in [6.45, 7) is 10.5. The number of carbonyl (C=O) groups is 1. The average molecular weight is 198 g/mol. The van der Waals surface area contributed by atoms with Gasteiger partial charge in [-0.25, -0.2) is 0 Å². The molecule has 0 radical (unpaired) electrons. The second-order valence-electron chi connectivity index (χ2n) is 6.51. The molecule has 1 rings (SSSR count). The van der Waals surface area contributed by atoms with E-state index < -0.39 is 11.4 Å². The summed E-state index contributed by atoms with van der Waals surface area (Å²) in [5.41, 5.74) is -0.423. The molecule has 1 N–H and O–H groups in total. The zero-order valence-corrected chi connectivity index (χ0v) is 9.98. The standard InChI is InChI=1S/C12H22O2/c1-10(2,3)8-12(9(13)14)7-6-11(12,4)5/h6-8H2,1-5H3,(H,13,14). The first-order valence-electron chi connectivity index (χ1n) is 5.34. The van der Waals surface area contributed by atoms with Crippen LogP contribution < -0.4 is 0 Å². The minimum atomic E-state index is -0.608. The average Bonchev–Trinajstić information content (AvgIpc) is 1.95. The van der Waals surface area contributed by atoms with Crippen LogP contribution in [-0.2, 0) is 4.79 Å². The highest BCUT2D eigenvalue weighted by Crippen LogP contribution is 2.61. The van der Waals surface area contributed by atoms with Crippen molar-refractivity contribution in [3.63, 3.8) is 0 Å². The van der Waals surface area contributed by atoms with E-state index in [0.29, 0.717) is 0 Å². The molecule has 0 aromatic carbocycles. The molecule has 0 aromatic rings. The summed E-state index contributed by atoms with van der Waals surface area (Å²) >= 11 is 0. The van der Waals surface area contributed by atoms with Crippen molar-refractivity contribution in [2.24, 2.45) is 16.2 Å². The lowest BCUT2D eigenvalue weighted by Crippen LogP contribution is -2.54. The Hall–Kier alpha value is -0.530. The Kier molecular flexibility index (Phi) is 2.46. The molecule has 0 saturated heterocycles. The number of hydrogen-bond donors (Lipinski definition) is 1. The maximum absolute atomic E-state index is 11.4. The minimum absolute atomic E-state index is 0.0356. The molecular formula is C12H22O2. The Morgan fingerprint density at radius 1 is 1.29 bits per heavy atom. The quantitative estimate of drug-likeness (QED) is 0.739. The highest BCUT2D eigenvalue weighted by molar-refractivity contribution is 5.77. The van der Waals surface area contributed by atoms with E-state index in [0.717, 1.165) is 19.3 Å². The normalized spacial score (nSPS) is 30.9. The van der Waals surface area contributed by atoms with E-state index in [1.165, 1.54) is 0 Å².